The Morgan fingerprint density at radius 1 is 1.27 bits per heavy atom. The van der Waals surface area contributed by atoms with Gasteiger partial charge in [0.2, 0.25) is 0 Å². The van der Waals surface area contributed by atoms with Crippen LogP contribution in [-0.2, 0) is 0 Å². The van der Waals surface area contributed by atoms with Crippen LogP contribution < -0.4 is 5.32 Å². The van der Waals surface area contributed by atoms with Crippen LogP contribution in [-0.4, -0.2) is 13.1 Å². The first kappa shape index (κ1) is 12.3. The maximum atomic E-state index is 3.73. The van der Waals surface area contributed by atoms with Crippen molar-refractivity contribution in [3.63, 3.8) is 0 Å². The molecule has 0 bridgehead atoms. The number of unbranched alkanes of at least 4 members (excludes halogenated alkanes) is 3. The summed E-state index contributed by atoms with van der Waals surface area (Å²) in [6.07, 6.45) is 16.3. The Labute approximate surface area is 94.0 Å². The van der Waals surface area contributed by atoms with Crippen LogP contribution in [0.25, 0.3) is 0 Å². The second-order valence-corrected chi connectivity index (χ2v) is 4.07. The molecule has 0 saturated heterocycles. The van der Waals surface area contributed by atoms with Gasteiger partial charge in [-0.05, 0) is 44.2 Å². The van der Waals surface area contributed by atoms with Gasteiger partial charge in [-0.3, -0.25) is 0 Å². The first-order valence-electron chi connectivity index (χ1n) is 6.10. The number of hydrogen-bond donors (Lipinski definition) is 1. The number of nitrogens with one attached hydrogen (secondary N) is 1. The van der Waals surface area contributed by atoms with Crippen molar-refractivity contribution in [1.82, 2.24) is 5.32 Å². The topological polar surface area (TPSA) is 12.0 Å². The van der Waals surface area contributed by atoms with E-state index >= 15 is 0 Å². The van der Waals surface area contributed by atoms with Crippen molar-refractivity contribution in [2.24, 2.45) is 0 Å². The Morgan fingerprint density at radius 2 is 2.20 bits per heavy atom. The van der Waals surface area contributed by atoms with Gasteiger partial charge in [0.1, 0.15) is 0 Å². The number of hydrogen-bond acceptors (Lipinski definition) is 1. The number of rotatable bonds is 8. The van der Waals surface area contributed by atoms with Gasteiger partial charge in [-0.1, -0.05) is 30.7 Å². The molecule has 0 spiro atoms. The highest BCUT2D eigenvalue weighted by molar-refractivity contribution is 5.23. The average molecular weight is 205 g/mol. The van der Waals surface area contributed by atoms with Gasteiger partial charge >= 0.3 is 0 Å². The monoisotopic (exact) mass is 205 g/mol. The lowest BCUT2D eigenvalue weighted by Crippen LogP contribution is -2.18. The summed E-state index contributed by atoms with van der Waals surface area (Å²) in [5, 5.41) is 3.49. The van der Waals surface area contributed by atoms with Crippen molar-refractivity contribution in [3.05, 3.63) is 36.5 Å². The highest BCUT2D eigenvalue weighted by atomic mass is 14.8. The summed E-state index contributed by atoms with van der Waals surface area (Å²) in [5.74, 6) is 0. The second kappa shape index (κ2) is 8.49. The van der Waals surface area contributed by atoms with Gasteiger partial charge in [-0.25, -0.2) is 0 Å². The predicted molar refractivity (Wildman–Crippen MR) is 68.0 cm³/mol. The maximum Gasteiger partial charge on any atom is 0.0202 e. The van der Waals surface area contributed by atoms with Crippen LogP contribution in [0.15, 0.2) is 36.5 Å². The molecule has 0 atom stereocenters. The fraction of sp³-hybridized carbons (Fsp3) is 0.571. The lowest BCUT2D eigenvalue weighted by molar-refractivity contribution is 0.627. The van der Waals surface area contributed by atoms with Crippen LogP contribution in [0.2, 0.25) is 0 Å². The van der Waals surface area contributed by atoms with E-state index in [0.717, 1.165) is 19.5 Å². The van der Waals surface area contributed by atoms with Crippen LogP contribution in [0.4, 0.5) is 0 Å². The Morgan fingerprint density at radius 3 is 2.93 bits per heavy atom. The normalized spacial score (nSPS) is 15.1. The van der Waals surface area contributed by atoms with Gasteiger partial charge < -0.3 is 5.32 Å². The van der Waals surface area contributed by atoms with E-state index in [4.69, 9.17) is 0 Å². The lowest BCUT2D eigenvalue weighted by Gasteiger charge is -2.08. The molecule has 0 radical (unpaired) electrons. The van der Waals surface area contributed by atoms with Gasteiger partial charge in [0.15, 0.2) is 0 Å². The smallest absolute Gasteiger partial charge is 0.0202 e. The number of allylic oxidation sites excluding steroid dienone is 3. The molecule has 1 nitrogen and oxygen atoms in total. The fourth-order valence-corrected chi connectivity index (χ4v) is 1.75. The molecule has 0 saturated carbocycles. The molecule has 0 unspecified atom stereocenters. The largest absolute Gasteiger partial charge is 0.313 e. The third kappa shape index (κ3) is 6.29. The first-order valence-corrected chi connectivity index (χ1v) is 6.10. The molecule has 0 aromatic carbocycles. The third-order valence-electron chi connectivity index (χ3n) is 2.66. The van der Waals surface area contributed by atoms with Crippen LogP contribution >= 0.6 is 0 Å². The molecule has 0 heterocycles. The van der Waals surface area contributed by atoms with Crippen molar-refractivity contribution in [2.75, 3.05) is 13.1 Å². The molecule has 1 heteroatoms. The Kier molecular flexibility index (Phi) is 6.93. The Bertz CT molecular complexity index is 225. The highest BCUT2D eigenvalue weighted by Crippen LogP contribution is 2.08. The molecule has 1 aliphatic rings. The van der Waals surface area contributed by atoms with Crippen molar-refractivity contribution < 1.29 is 0 Å². The summed E-state index contributed by atoms with van der Waals surface area (Å²) < 4.78 is 0. The van der Waals surface area contributed by atoms with Crippen molar-refractivity contribution in [2.45, 2.75) is 38.5 Å². The lowest BCUT2D eigenvalue weighted by atomic mass is 10.1. The van der Waals surface area contributed by atoms with Crippen molar-refractivity contribution in [3.8, 4) is 0 Å². The summed E-state index contributed by atoms with van der Waals surface area (Å²) in [6, 6.07) is 0. The molecule has 15 heavy (non-hydrogen) atoms. The summed E-state index contributed by atoms with van der Waals surface area (Å²) in [5.41, 5.74) is 1.45. The molecule has 0 aromatic rings. The first-order chi connectivity index (χ1) is 7.43. The van der Waals surface area contributed by atoms with Crippen molar-refractivity contribution >= 4 is 0 Å². The minimum Gasteiger partial charge on any atom is -0.313 e. The summed E-state index contributed by atoms with van der Waals surface area (Å²) in [6.45, 7) is 5.91. The molecule has 0 aromatic heterocycles. The van der Waals surface area contributed by atoms with E-state index < -0.39 is 0 Å². The van der Waals surface area contributed by atoms with E-state index in [1.54, 1.807) is 0 Å². The van der Waals surface area contributed by atoms with Crippen molar-refractivity contribution in [1.29, 1.82) is 0 Å². The van der Waals surface area contributed by atoms with Gasteiger partial charge in [0.25, 0.3) is 0 Å². The predicted octanol–water partition coefficient (Wildman–Crippen LogP) is 3.60. The average Bonchev–Trinajstić information content (AvgIpc) is 2.29. The zero-order valence-corrected chi connectivity index (χ0v) is 9.67. The molecular formula is C14H23N. The van der Waals surface area contributed by atoms with Gasteiger partial charge in [0, 0.05) is 6.54 Å². The van der Waals surface area contributed by atoms with E-state index in [2.05, 4.69) is 30.1 Å². The molecule has 0 amide bonds. The van der Waals surface area contributed by atoms with Crippen LogP contribution in [0.5, 0.6) is 0 Å². The zero-order valence-electron chi connectivity index (χ0n) is 9.67. The maximum absolute atomic E-state index is 3.73. The molecule has 84 valence electrons. The van der Waals surface area contributed by atoms with E-state index in [0.29, 0.717) is 0 Å². The molecule has 1 aliphatic carbocycles. The molecule has 1 N–H and O–H groups in total. The second-order valence-electron chi connectivity index (χ2n) is 4.07. The Hall–Kier alpha value is -0.820. The van der Waals surface area contributed by atoms with Crippen LogP contribution in [0.3, 0.4) is 0 Å². The molecular weight excluding hydrogens is 182 g/mol. The highest BCUT2D eigenvalue weighted by Gasteiger charge is 1.96. The summed E-state index contributed by atoms with van der Waals surface area (Å²) in [7, 11) is 0. The third-order valence-corrected chi connectivity index (χ3v) is 2.66. The minimum absolute atomic E-state index is 1.04. The molecule has 1 rings (SSSR count). The van der Waals surface area contributed by atoms with E-state index in [1.807, 2.05) is 6.08 Å². The Balaban J connectivity index is 1.90. The van der Waals surface area contributed by atoms with Crippen LogP contribution in [0.1, 0.15) is 38.5 Å². The van der Waals surface area contributed by atoms with E-state index in [-0.39, 0.29) is 0 Å². The summed E-state index contributed by atoms with van der Waals surface area (Å²) in [4.78, 5) is 0. The summed E-state index contributed by atoms with van der Waals surface area (Å²) >= 11 is 0. The van der Waals surface area contributed by atoms with Gasteiger partial charge in [-0.2, -0.15) is 0 Å². The fourth-order valence-electron chi connectivity index (χ4n) is 1.75. The standard InChI is InChI=1S/C14H23N/c1-2-3-4-5-9-12-15-13-14-10-7-6-8-11-14/h2,7,10-11,15H,1,3-6,8-9,12-13H2. The molecule has 0 fully saturated rings. The van der Waals surface area contributed by atoms with Crippen LogP contribution in [0, 0.1) is 0 Å². The van der Waals surface area contributed by atoms with E-state index in [9.17, 15) is 0 Å². The van der Waals surface area contributed by atoms with Gasteiger partial charge in [0.05, 0.1) is 0 Å². The molecule has 0 aliphatic heterocycles. The quantitative estimate of drug-likeness (QED) is 0.471. The van der Waals surface area contributed by atoms with Gasteiger partial charge in [-0.15, -0.1) is 6.58 Å². The zero-order chi connectivity index (χ0) is 10.8. The SMILES string of the molecule is C=CCCCCCNCC1=CCCC=C1. The minimum atomic E-state index is 1.04. The van der Waals surface area contributed by atoms with E-state index in [1.165, 1.54) is 37.7 Å².